The molecule has 0 fully saturated rings. The Morgan fingerprint density at radius 2 is 1.89 bits per heavy atom. The van der Waals surface area contributed by atoms with Gasteiger partial charge in [-0.25, -0.2) is 8.42 Å². The summed E-state index contributed by atoms with van der Waals surface area (Å²) in [5.41, 5.74) is 2.36. The lowest BCUT2D eigenvalue weighted by Gasteiger charge is -2.10. The molecule has 0 bridgehead atoms. The Hall–Kier alpha value is -0.910. The third-order valence-corrected chi connectivity index (χ3v) is 3.90. The highest BCUT2D eigenvalue weighted by Crippen LogP contribution is 2.18. The Morgan fingerprint density at radius 1 is 1.26 bits per heavy atom. The van der Waals surface area contributed by atoms with E-state index in [0.29, 0.717) is 12.5 Å². The highest BCUT2D eigenvalue weighted by molar-refractivity contribution is 7.85. The molecule has 1 rings (SSSR count). The lowest BCUT2D eigenvalue weighted by Crippen LogP contribution is -2.07. The topological polar surface area (TPSA) is 66.4 Å². The molecule has 0 saturated carbocycles. The zero-order chi connectivity index (χ0) is 14.3. The Kier molecular flexibility index (Phi) is 6.48. The van der Waals surface area contributed by atoms with Crippen LogP contribution in [0.4, 0.5) is 0 Å². The summed E-state index contributed by atoms with van der Waals surface area (Å²) in [5.74, 6) is 0.192. The molecule has 1 aromatic carbocycles. The molecule has 0 N–H and O–H groups in total. The van der Waals surface area contributed by atoms with Gasteiger partial charge in [0.05, 0.1) is 16.7 Å². The molecule has 0 radical (unpaired) electrons. The van der Waals surface area contributed by atoms with Crippen molar-refractivity contribution in [1.29, 1.82) is 0 Å². The summed E-state index contributed by atoms with van der Waals surface area (Å²) in [5, 5.41) is 0. The van der Waals surface area contributed by atoms with Crippen LogP contribution in [0.5, 0.6) is 0 Å². The van der Waals surface area contributed by atoms with E-state index in [0.717, 1.165) is 12.0 Å². The first-order valence-corrected chi connectivity index (χ1v) is 8.10. The first-order chi connectivity index (χ1) is 8.92. The van der Waals surface area contributed by atoms with Crippen LogP contribution in [0.25, 0.3) is 0 Å². The van der Waals surface area contributed by atoms with Gasteiger partial charge in [-0.15, -0.1) is 0 Å². The zero-order valence-electron chi connectivity index (χ0n) is 11.5. The van der Waals surface area contributed by atoms with Gasteiger partial charge in [-0.05, 0) is 29.9 Å². The SMILES string of the molecule is CCC(C)c1ccc(COCCCS(=O)(=O)[O-])cc1. The maximum Gasteiger partial charge on any atom is 0.0946 e. The molecule has 0 aromatic heterocycles. The molecule has 0 spiro atoms. The van der Waals surface area contributed by atoms with Crippen molar-refractivity contribution in [2.24, 2.45) is 0 Å². The van der Waals surface area contributed by atoms with Crippen molar-refractivity contribution >= 4 is 10.1 Å². The molecule has 0 aliphatic carbocycles. The van der Waals surface area contributed by atoms with Gasteiger partial charge in [-0.2, -0.15) is 0 Å². The number of ether oxygens (including phenoxy) is 1. The van der Waals surface area contributed by atoms with Gasteiger partial charge < -0.3 is 9.29 Å². The van der Waals surface area contributed by atoms with E-state index in [9.17, 15) is 13.0 Å². The minimum atomic E-state index is -4.12. The molecule has 1 atom stereocenters. The van der Waals surface area contributed by atoms with Crippen LogP contribution in [0.3, 0.4) is 0 Å². The summed E-state index contributed by atoms with van der Waals surface area (Å²) in [6, 6.07) is 8.22. The molecule has 5 heteroatoms. The van der Waals surface area contributed by atoms with Crippen LogP contribution in [-0.4, -0.2) is 25.3 Å². The van der Waals surface area contributed by atoms with Crippen molar-refractivity contribution in [2.45, 2.75) is 39.2 Å². The third kappa shape index (κ3) is 6.71. The Morgan fingerprint density at radius 3 is 2.42 bits per heavy atom. The van der Waals surface area contributed by atoms with Crippen molar-refractivity contribution in [3.8, 4) is 0 Å². The van der Waals surface area contributed by atoms with Crippen molar-refractivity contribution in [2.75, 3.05) is 12.4 Å². The van der Waals surface area contributed by atoms with Gasteiger partial charge in [-0.1, -0.05) is 38.1 Å². The molecule has 0 heterocycles. The fraction of sp³-hybridized carbons (Fsp3) is 0.571. The third-order valence-electron chi connectivity index (χ3n) is 3.11. The van der Waals surface area contributed by atoms with Crippen molar-refractivity contribution in [1.82, 2.24) is 0 Å². The molecule has 0 amide bonds. The second kappa shape index (κ2) is 7.62. The summed E-state index contributed by atoms with van der Waals surface area (Å²) < 4.78 is 36.5. The average Bonchev–Trinajstić information content (AvgIpc) is 2.37. The van der Waals surface area contributed by atoms with E-state index in [4.69, 9.17) is 4.74 Å². The van der Waals surface area contributed by atoms with Gasteiger partial charge in [0.15, 0.2) is 0 Å². The van der Waals surface area contributed by atoms with E-state index in [1.165, 1.54) is 5.56 Å². The highest BCUT2D eigenvalue weighted by atomic mass is 32.2. The molecule has 0 aliphatic rings. The minimum absolute atomic E-state index is 0.247. The highest BCUT2D eigenvalue weighted by Gasteiger charge is 2.02. The summed E-state index contributed by atoms with van der Waals surface area (Å²) in [6.07, 6.45) is 1.36. The van der Waals surface area contributed by atoms with Gasteiger partial charge >= 0.3 is 0 Å². The first kappa shape index (κ1) is 16.1. The number of rotatable bonds is 8. The summed E-state index contributed by atoms with van der Waals surface area (Å²) in [7, 11) is -4.12. The number of hydrogen-bond donors (Lipinski definition) is 0. The Bertz CT molecular complexity index is 465. The summed E-state index contributed by atoms with van der Waals surface area (Å²) in [6.45, 7) is 5.08. The molecule has 1 aromatic rings. The predicted molar refractivity (Wildman–Crippen MR) is 74.0 cm³/mol. The van der Waals surface area contributed by atoms with Crippen LogP contribution < -0.4 is 0 Å². The van der Waals surface area contributed by atoms with Crippen molar-refractivity contribution < 1.29 is 17.7 Å². The van der Waals surface area contributed by atoms with E-state index in [2.05, 4.69) is 26.0 Å². The van der Waals surface area contributed by atoms with Gasteiger partial charge in [0.1, 0.15) is 0 Å². The molecule has 19 heavy (non-hydrogen) atoms. The second-order valence-corrected chi connectivity index (χ2v) is 6.24. The van der Waals surface area contributed by atoms with Crippen molar-refractivity contribution in [3.05, 3.63) is 35.4 Å². The summed E-state index contributed by atoms with van der Waals surface area (Å²) in [4.78, 5) is 0. The maximum absolute atomic E-state index is 10.4. The van der Waals surface area contributed by atoms with E-state index < -0.39 is 10.1 Å². The van der Waals surface area contributed by atoms with Gasteiger partial charge in [0.2, 0.25) is 0 Å². The fourth-order valence-corrected chi connectivity index (χ4v) is 2.18. The van der Waals surface area contributed by atoms with Gasteiger partial charge in [0, 0.05) is 12.4 Å². The molecular formula is C14H21O4S-. The molecule has 108 valence electrons. The number of hydrogen-bond acceptors (Lipinski definition) is 4. The molecule has 4 nitrogen and oxygen atoms in total. The van der Waals surface area contributed by atoms with E-state index >= 15 is 0 Å². The zero-order valence-corrected chi connectivity index (χ0v) is 12.3. The Labute approximate surface area is 115 Å². The maximum atomic E-state index is 10.4. The minimum Gasteiger partial charge on any atom is -0.748 e. The lowest BCUT2D eigenvalue weighted by molar-refractivity contribution is 0.121. The van der Waals surface area contributed by atoms with Crippen LogP contribution in [0.15, 0.2) is 24.3 Å². The van der Waals surface area contributed by atoms with Crippen LogP contribution in [0.1, 0.15) is 43.7 Å². The van der Waals surface area contributed by atoms with E-state index in [-0.39, 0.29) is 18.8 Å². The smallest absolute Gasteiger partial charge is 0.0946 e. The number of benzene rings is 1. The lowest BCUT2D eigenvalue weighted by atomic mass is 9.98. The van der Waals surface area contributed by atoms with E-state index in [1.54, 1.807) is 0 Å². The van der Waals surface area contributed by atoms with Crippen LogP contribution >= 0.6 is 0 Å². The first-order valence-electron chi connectivity index (χ1n) is 6.52. The standard InChI is InChI=1S/C14H22O4S/c1-3-12(2)14-7-5-13(6-8-14)11-18-9-4-10-19(15,16)17/h5-8,12H,3-4,9-11H2,1-2H3,(H,15,16,17)/p-1. The van der Waals surface area contributed by atoms with Crippen LogP contribution in [-0.2, 0) is 21.5 Å². The monoisotopic (exact) mass is 285 g/mol. The quantitative estimate of drug-likeness (QED) is 0.544. The molecule has 0 aliphatic heterocycles. The van der Waals surface area contributed by atoms with Crippen LogP contribution in [0, 0.1) is 0 Å². The van der Waals surface area contributed by atoms with Crippen LogP contribution in [0.2, 0.25) is 0 Å². The average molecular weight is 285 g/mol. The van der Waals surface area contributed by atoms with Gasteiger partial charge in [0.25, 0.3) is 0 Å². The largest absolute Gasteiger partial charge is 0.748 e. The molecule has 0 saturated heterocycles. The second-order valence-electron chi connectivity index (χ2n) is 4.72. The van der Waals surface area contributed by atoms with E-state index in [1.807, 2.05) is 12.1 Å². The Balaban J connectivity index is 2.30. The normalized spacial score (nSPS) is 13.4. The van der Waals surface area contributed by atoms with Crippen molar-refractivity contribution in [3.63, 3.8) is 0 Å². The molecular weight excluding hydrogens is 264 g/mol. The predicted octanol–water partition coefficient (Wildman–Crippen LogP) is 2.65. The molecule has 1 unspecified atom stereocenters. The van der Waals surface area contributed by atoms with Gasteiger partial charge in [-0.3, -0.25) is 0 Å². The fourth-order valence-electron chi connectivity index (χ4n) is 1.71. The summed E-state index contributed by atoms with van der Waals surface area (Å²) >= 11 is 0.